The van der Waals surface area contributed by atoms with Crippen molar-refractivity contribution in [2.24, 2.45) is 5.41 Å². The number of anilines is 2. The van der Waals surface area contributed by atoms with Gasteiger partial charge in [-0.15, -0.1) is 11.8 Å². The lowest BCUT2D eigenvalue weighted by Gasteiger charge is -2.32. The second-order valence-electron chi connectivity index (χ2n) is 8.72. The van der Waals surface area contributed by atoms with E-state index in [0.717, 1.165) is 41.4 Å². The number of carbonyl (C=O) groups is 1. The van der Waals surface area contributed by atoms with E-state index in [1.807, 2.05) is 12.1 Å². The molecule has 0 spiro atoms. The molecule has 1 heterocycles. The predicted octanol–water partition coefficient (Wildman–Crippen LogP) is 6.04. The van der Waals surface area contributed by atoms with Crippen LogP contribution < -0.4 is 10.2 Å². The number of fused-ring (bicyclic) bond motifs is 1. The van der Waals surface area contributed by atoms with Crippen LogP contribution in [-0.2, 0) is 17.8 Å². The lowest BCUT2D eigenvalue weighted by Crippen LogP contribution is -2.30. The Kier molecular flexibility index (Phi) is 5.96. The molecule has 150 valence electrons. The highest BCUT2D eigenvalue weighted by atomic mass is 32.2. The molecule has 2 aromatic rings. The molecule has 4 heteroatoms. The van der Waals surface area contributed by atoms with Crippen LogP contribution in [0.15, 0.2) is 41.3 Å². The Balaban J connectivity index is 1.87. The summed E-state index contributed by atoms with van der Waals surface area (Å²) in [7, 11) is 0. The van der Waals surface area contributed by atoms with E-state index in [1.54, 1.807) is 11.8 Å². The molecule has 0 bridgehead atoms. The molecule has 28 heavy (non-hydrogen) atoms. The number of nitrogens with one attached hydrogen (secondary N) is 1. The number of amides is 1. The summed E-state index contributed by atoms with van der Waals surface area (Å²) in [6, 6.07) is 10.9. The number of rotatable bonds is 5. The summed E-state index contributed by atoms with van der Waals surface area (Å²) in [5, 5.41) is 3.17. The van der Waals surface area contributed by atoms with Gasteiger partial charge in [0.25, 0.3) is 0 Å². The van der Waals surface area contributed by atoms with E-state index in [-0.39, 0.29) is 11.3 Å². The molecule has 3 nitrogen and oxygen atoms in total. The Labute approximate surface area is 175 Å². The smallest absolute Gasteiger partial charge is 0.224 e. The van der Waals surface area contributed by atoms with Crippen molar-refractivity contribution in [1.82, 2.24) is 0 Å². The molecule has 2 aromatic carbocycles. The fourth-order valence-corrected chi connectivity index (χ4v) is 4.53. The molecule has 3 rings (SSSR count). The molecule has 0 atom stereocenters. The fraction of sp³-hybridized carbons (Fsp3) is 0.458. The molecular formula is C24H32N2OS. The molecule has 1 aliphatic rings. The minimum Gasteiger partial charge on any atom is -0.367 e. The average Bonchev–Trinajstić information content (AvgIpc) is 2.62. The first-order valence-corrected chi connectivity index (χ1v) is 11.1. The number of hydrogen-bond donors (Lipinski definition) is 1. The van der Waals surface area contributed by atoms with Gasteiger partial charge in [0.1, 0.15) is 0 Å². The number of hydrogen-bond acceptors (Lipinski definition) is 3. The zero-order chi connectivity index (χ0) is 21.2. The topological polar surface area (TPSA) is 32.3 Å². The summed E-state index contributed by atoms with van der Waals surface area (Å²) >= 11 is 1.77. The second kappa shape index (κ2) is 8.60. The van der Waals surface area contributed by atoms with Gasteiger partial charge >= 0.3 is 0 Å². The van der Waals surface area contributed by atoms with Gasteiger partial charge in [0.05, 0.1) is 7.06 Å². The van der Waals surface area contributed by atoms with Crippen LogP contribution in [0, 0.1) is 12.3 Å². The highest BCUT2D eigenvalue weighted by Gasteiger charge is 2.21. The summed E-state index contributed by atoms with van der Waals surface area (Å²) in [5.41, 5.74) is 5.79. The summed E-state index contributed by atoms with van der Waals surface area (Å²) in [6.45, 7) is 12.3. The molecule has 0 saturated heterocycles. The molecule has 0 unspecified atom stereocenters. The molecule has 1 aliphatic heterocycles. The van der Waals surface area contributed by atoms with E-state index >= 15 is 0 Å². The largest absolute Gasteiger partial charge is 0.367 e. The molecule has 1 N–H and O–H groups in total. The van der Waals surface area contributed by atoms with Crippen molar-refractivity contribution < 1.29 is 6.17 Å². The molecule has 0 saturated carbocycles. The van der Waals surface area contributed by atoms with Crippen molar-refractivity contribution in [2.75, 3.05) is 22.5 Å². The van der Waals surface area contributed by atoms with Gasteiger partial charge in [0, 0.05) is 30.1 Å². The first kappa shape index (κ1) is 19.4. The summed E-state index contributed by atoms with van der Waals surface area (Å²) in [4.78, 5) is 16.1. The zero-order valence-electron chi connectivity index (χ0n) is 18.7. The third-order valence-corrected chi connectivity index (χ3v) is 5.89. The van der Waals surface area contributed by atoms with E-state index in [9.17, 15) is 4.79 Å². The molecule has 0 radical (unpaired) electrons. The van der Waals surface area contributed by atoms with Crippen LogP contribution >= 0.6 is 11.8 Å². The Morgan fingerprint density at radius 2 is 2.07 bits per heavy atom. The van der Waals surface area contributed by atoms with Crippen LogP contribution in [0.2, 0.25) is 0 Å². The maximum Gasteiger partial charge on any atom is 0.224 e. The first-order chi connectivity index (χ1) is 13.7. The van der Waals surface area contributed by atoms with Crippen molar-refractivity contribution in [1.29, 1.82) is 0 Å². The van der Waals surface area contributed by atoms with E-state index in [1.165, 1.54) is 16.8 Å². The van der Waals surface area contributed by atoms with Gasteiger partial charge in [-0.25, -0.2) is 0 Å². The van der Waals surface area contributed by atoms with E-state index in [4.69, 9.17) is 1.37 Å². The van der Waals surface area contributed by atoms with Crippen LogP contribution in [0.4, 0.5) is 11.4 Å². The maximum absolute atomic E-state index is 12.5. The monoisotopic (exact) mass is 397 g/mol. The quantitative estimate of drug-likeness (QED) is 0.624. The average molecular weight is 398 g/mol. The van der Waals surface area contributed by atoms with Crippen LogP contribution in [0.5, 0.6) is 0 Å². The highest BCUT2D eigenvalue weighted by Crippen LogP contribution is 2.36. The van der Waals surface area contributed by atoms with Crippen LogP contribution in [-0.4, -0.2) is 18.2 Å². The van der Waals surface area contributed by atoms with Gasteiger partial charge in [0.2, 0.25) is 5.91 Å². The van der Waals surface area contributed by atoms with Gasteiger partial charge in [-0.3, -0.25) is 4.79 Å². The van der Waals surface area contributed by atoms with Gasteiger partial charge in [-0.1, -0.05) is 51.9 Å². The summed E-state index contributed by atoms with van der Waals surface area (Å²) in [5.74, 6) is 1.02. The fourth-order valence-electron chi connectivity index (χ4n) is 3.66. The number of benzene rings is 2. The standard InChI is InChI=1S/C24H32N2OS/c1-6-28-21-14-20(26-12-11-18-9-7-8-10-19(18)16-26)13-17(2)23(21)25-22(27)15-24(3,4)5/h7-10,13-14H,6,11-12,15-16H2,1-5H3,(H,25,27)/i8D. The Bertz CT molecular complexity index is 904. The number of aryl methyl sites for hydroxylation is 1. The third-order valence-electron chi connectivity index (χ3n) is 4.97. The number of carbonyl (C=O) groups excluding carboxylic acids is 1. The maximum atomic E-state index is 12.5. The lowest BCUT2D eigenvalue weighted by atomic mass is 9.92. The van der Waals surface area contributed by atoms with E-state index < -0.39 is 0 Å². The van der Waals surface area contributed by atoms with Gasteiger partial charge in [-0.05, 0) is 53.3 Å². The van der Waals surface area contributed by atoms with Crippen molar-refractivity contribution >= 4 is 29.0 Å². The Morgan fingerprint density at radius 3 is 2.79 bits per heavy atom. The molecule has 0 fully saturated rings. The zero-order valence-corrected chi connectivity index (χ0v) is 18.5. The highest BCUT2D eigenvalue weighted by molar-refractivity contribution is 7.99. The SMILES string of the molecule is [2H]c1ccc2c(c1)CN(c1cc(C)c(NC(=O)CC(C)(C)C)c(SCC)c1)CC2. The van der Waals surface area contributed by atoms with E-state index in [0.29, 0.717) is 12.5 Å². The third kappa shape index (κ3) is 5.11. The van der Waals surface area contributed by atoms with Crippen molar-refractivity contribution in [3.05, 3.63) is 53.1 Å². The van der Waals surface area contributed by atoms with Crippen LogP contribution in [0.3, 0.4) is 0 Å². The molecule has 1 amide bonds. The molecule has 0 aromatic heterocycles. The summed E-state index contributed by atoms with van der Waals surface area (Å²) in [6.07, 6.45) is 1.50. The van der Waals surface area contributed by atoms with Gasteiger partial charge < -0.3 is 10.2 Å². The minimum absolute atomic E-state index is 0.0338. The Hall–Kier alpha value is -1.94. The number of thioether (sulfide) groups is 1. The van der Waals surface area contributed by atoms with Gasteiger partial charge in [-0.2, -0.15) is 0 Å². The van der Waals surface area contributed by atoms with E-state index in [2.05, 4.69) is 63.0 Å². The molecule has 0 aliphatic carbocycles. The van der Waals surface area contributed by atoms with Gasteiger partial charge in [0.15, 0.2) is 0 Å². The first-order valence-electron chi connectivity index (χ1n) is 10.6. The normalized spacial score (nSPS) is 14.5. The summed E-state index contributed by atoms with van der Waals surface area (Å²) < 4.78 is 7.92. The van der Waals surface area contributed by atoms with Crippen LogP contribution in [0.1, 0.15) is 52.2 Å². The Morgan fingerprint density at radius 1 is 1.29 bits per heavy atom. The van der Waals surface area contributed by atoms with Crippen molar-refractivity contribution in [3.8, 4) is 0 Å². The second-order valence-corrected chi connectivity index (χ2v) is 10.0. The lowest BCUT2D eigenvalue weighted by molar-refractivity contribution is -0.117. The molecular weight excluding hydrogens is 364 g/mol. The van der Waals surface area contributed by atoms with Crippen molar-refractivity contribution in [3.63, 3.8) is 0 Å². The number of nitrogens with zero attached hydrogens (tertiary/aromatic N) is 1. The van der Waals surface area contributed by atoms with Crippen molar-refractivity contribution in [2.45, 2.75) is 58.9 Å². The van der Waals surface area contributed by atoms with Crippen LogP contribution in [0.25, 0.3) is 0 Å². The minimum atomic E-state index is -0.0338. The predicted molar refractivity (Wildman–Crippen MR) is 121 cm³/mol.